The third-order valence-corrected chi connectivity index (χ3v) is 4.79. The summed E-state index contributed by atoms with van der Waals surface area (Å²) in [7, 11) is 0. The second-order valence-electron chi connectivity index (χ2n) is 5.65. The molecule has 1 aromatic carbocycles. The molecule has 26 heavy (non-hydrogen) atoms. The van der Waals surface area contributed by atoms with Crippen LogP contribution in [-0.4, -0.2) is 27.9 Å². The van der Waals surface area contributed by atoms with E-state index in [1.807, 2.05) is 25.1 Å². The van der Waals surface area contributed by atoms with Crippen LogP contribution in [0.3, 0.4) is 0 Å². The Morgan fingerprint density at radius 3 is 2.85 bits per heavy atom. The Kier molecular flexibility index (Phi) is 5.49. The van der Waals surface area contributed by atoms with E-state index in [-0.39, 0.29) is 10.7 Å². The summed E-state index contributed by atoms with van der Waals surface area (Å²) in [6.07, 6.45) is 0.812. The van der Waals surface area contributed by atoms with Crippen molar-refractivity contribution in [3.05, 3.63) is 52.8 Å². The van der Waals surface area contributed by atoms with Gasteiger partial charge in [0.05, 0.1) is 15.8 Å². The first kappa shape index (κ1) is 18.3. The van der Waals surface area contributed by atoms with Gasteiger partial charge in [0.1, 0.15) is 5.15 Å². The third-order valence-electron chi connectivity index (χ3n) is 3.65. The van der Waals surface area contributed by atoms with Crippen molar-refractivity contribution in [2.45, 2.75) is 26.4 Å². The molecule has 3 rings (SSSR count). The van der Waals surface area contributed by atoms with E-state index in [0.29, 0.717) is 11.6 Å². The molecule has 0 aliphatic heterocycles. The number of carbonyl (C=O) groups is 2. The van der Waals surface area contributed by atoms with Crippen LogP contribution in [-0.2, 0) is 9.53 Å². The van der Waals surface area contributed by atoms with E-state index in [9.17, 15) is 9.59 Å². The third kappa shape index (κ3) is 4.17. The van der Waals surface area contributed by atoms with E-state index in [4.69, 9.17) is 16.3 Å². The predicted molar refractivity (Wildman–Crippen MR) is 102 cm³/mol. The standard InChI is InChI=1S/C18H16ClN3O3S/c1-3-13(25-17(24)11-6-7-20-15(19)9-11)16(23)22-18-21-12-5-4-10(2)8-14(12)26-18/h4-9,13H,3H2,1-2H3,(H,21,22,23). The highest BCUT2D eigenvalue weighted by Crippen LogP contribution is 2.27. The zero-order valence-corrected chi connectivity index (χ0v) is 15.7. The molecular formula is C18H16ClN3O3S. The molecule has 1 amide bonds. The molecule has 0 spiro atoms. The second kappa shape index (κ2) is 7.80. The number of thiazole rings is 1. The Bertz CT molecular complexity index is 973. The topological polar surface area (TPSA) is 81.2 Å². The number of esters is 1. The van der Waals surface area contributed by atoms with Crippen molar-refractivity contribution in [1.82, 2.24) is 9.97 Å². The number of halogens is 1. The van der Waals surface area contributed by atoms with Crippen molar-refractivity contribution in [3.8, 4) is 0 Å². The SMILES string of the molecule is CCC(OC(=O)c1ccnc(Cl)c1)C(=O)Nc1nc2ccc(C)cc2s1. The van der Waals surface area contributed by atoms with Crippen LogP contribution < -0.4 is 5.32 Å². The summed E-state index contributed by atoms with van der Waals surface area (Å²) in [4.78, 5) is 32.9. The van der Waals surface area contributed by atoms with Crippen LogP contribution in [0.2, 0.25) is 5.15 Å². The van der Waals surface area contributed by atoms with Gasteiger partial charge in [-0.25, -0.2) is 14.8 Å². The van der Waals surface area contributed by atoms with Gasteiger partial charge in [-0.15, -0.1) is 0 Å². The Morgan fingerprint density at radius 2 is 2.12 bits per heavy atom. The van der Waals surface area contributed by atoms with Gasteiger partial charge in [-0.2, -0.15) is 0 Å². The number of anilines is 1. The van der Waals surface area contributed by atoms with Crippen LogP contribution in [0.25, 0.3) is 10.2 Å². The summed E-state index contributed by atoms with van der Waals surface area (Å²) in [5.74, 6) is -1.05. The van der Waals surface area contributed by atoms with Crippen molar-refractivity contribution in [2.24, 2.45) is 0 Å². The molecule has 8 heteroatoms. The first-order valence-electron chi connectivity index (χ1n) is 7.97. The number of nitrogens with one attached hydrogen (secondary N) is 1. The number of benzene rings is 1. The van der Waals surface area contributed by atoms with E-state index in [1.165, 1.54) is 29.7 Å². The first-order valence-corrected chi connectivity index (χ1v) is 9.16. The smallest absolute Gasteiger partial charge is 0.339 e. The molecule has 0 fully saturated rings. The lowest BCUT2D eigenvalue weighted by Crippen LogP contribution is -2.32. The highest BCUT2D eigenvalue weighted by atomic mass is 35.5. The maximum atomic E-state index is 12.5. The van der Waals surface area contributed by atoms with E-state index < -0.39 is 18.0 Å². The van der Waals surface area contributed by atoms with Crippen LogP contribution >= 0.6 is 22.9 Å². The molecule has 2 heterocycles. The normalized spacial score (nSPS) is 12.0. The summed E-state index contributed by atoms with van der Waals surface area (Å²) in [5.41, 5.74) is 2.18. The predicted octanol–water partition coefficient (Wildman–Crippen LogP) is 4.23. The summed E-state index contributed by atoms with van der Waals surface area (Å²) < 4.78 is 6.29. The maximum Gasteiger partial charge on any atom is 0.339 e. The minimum absolute atomic E-state index is 0.182. The molecule has 134 valence electrons. The molecule has 1 N–H and O–H groups in total. The number of nitrogens with zero attached hydrogens (tertiary/aromatic N) is 2. The molecule has 0 saturated carbocycles. The molecule has 1 unspecified atom stereocenters. The number of rotatable bonds is 5. The van der Waals surface area contributed by atoms with E-state index in [0.717, 1.165) is 15.8 Å². The van der Waals surface area contributed by atoms with Crippen molar-refractivity contribution in [3.63, 3.8) is 0 Å². The minimum Gasteiger partial charge on any atom is -0.449 e. The van der Waals surface area contributed by atoms with Gasteiger partial charge in [-0.1, -0.05) is 35.9 Å². The molecule has 0 aliphatic carbocycles. The highest BCUT2D eigenvalue weighted by molar-refractivity contribution is 7.22. The summed E-state index contributed by atoms with van der Waals surface area (Å²) in [6, 6.07) is 8.75. The van der Waals surface area contributed by atoms with Crippen LogP contribution in [0.5, 0.6) is 0 Å². The average molecular weight is 390 g/mol. The number of carbonyl (C=O) groups excluding carboxylic acids is 2. The molecular weight excluding hydrogens is 374 g/mol. The zero-order valence-electron chi connectivity index (χ0n) is 14.2. The quantitative estimate of drug-likeness (QED) is 0.521. The molecule has 6 nitrogen and oxygen atoms in total. The van der Waals surface area contributed by atoms with Gasteiger partial charge in [0.15, 0.2) is 11.2 Å². The van der Waals surface area contributed by atoms with Crippen molar-refractivity contribution in [2.75, 3.05) is 5.32 Å². The van der Waals surface area contributed by atoms with Crippen molar-refractivity contribution in [1.29, 1.82) is 0 Å². The fourth-order valence-electron chi connectivity index (χ4n) is 2.32. The molecule has 0 bridgehead atoms. The monoisotopic (exact) mass is 389 g/mol. The van der Waals surface area contributed by atoms with Crippen LogP contribution in [0.1, 0.15) is 29.3 Å². The van der Waals surface area contributed by atoms with E-state index in [2.05, 4.69) is 15.3 Å². The maximum absolute atomic E-state index is 12.5. The number of aromatic nitrogens is 2. The Labute approximate surface area is 159 Å². The first-order chi connectivity index (χ1) is 12.5. The number of amides is 1. The number of hydrogen-bond donors (Lipinski definition) is 1. The van der Waals surface area contributed by atoms with Gasteiger partial charge < -0.3 is 4.74 Å². The number of aryl methyl sites for hydroxylation is 1. The van der Waals surface area contributed by atoms with Crippen molar-refractivity contribution < 1.29 is 14.3 Å². The van der Waals surface area contributed by atoms with Gasteiger partial charge in [0.2, 0.25) is 0 Å². The Hall–Kier alpha value is -2.51. The molecule has 2 aromatic heterocycles. The fraction of sp³-hybridized carbons (Fsp3) is 0.222. The lowest BCUT2D eigenvalue weighted by atomic mass is 10.2. The number of ether oxygens (including phenoxy) is 1. The highest BCUT2D eigenvalue weighted by Gasteiger charge is 2.23. The molecule has 0 aliphatic rings. The van der Waals surface area contributed by atoms with Gasteiger partial charge in [0.25, 0.3) is 5.91 Å². The lowest BCUT2D eigenvalue weighted by Gasteiger charge is -2.15. The summed E-state index contributed by atoms with van der Waals surface area (Å²) in [5, 5.41) is 3.37. The minimum atomic E-state index is -0.928. The van der Waals surface area contributed by atoms with Gasteiger partial charge in [-0.3, -0.25) is 10.1 Å². The largest absolute Gasteiger partial charge is 0.449 e. The Balaban J connectivity index is 1.70. The average Bonchev–Trinajstić information content (AvgIpc) is 3.00. The van der Waals surface area contributed by atoms with Gasteiger partial charge in [0, 0.05) is 6.20 Å². The van der Waals surface area contributed by atoms with E-state index >= 15 is 0 Å². The van der Waals surface area contributed by atoms with Gasteiger partial charge >= 0.3 is 5.97 Å². The number of hydrogen-bond acceptors (Lipinski definition) is 6. The molecule has 0 radical (unpaired) electrons. The number of fused-ring (bicyclic) bond motifs is 1. The lowest BCUT2D eigenvalue weighted by molar-refractivity contribution is -0.124. The summed E-state index contributed by atoms with van der Waals surface area (Å²) >= 11 is 7.15. The molecule has 1 atom stereocenters. The van der Waals surface area contributed by atoms with Crippen LogP contribution in [0, 0.1) is 6.92 Å². The fourth-order valence-corrected chi connectivity index (χ4v) is 3.46. The summed E-state index contributed by atoms with van der Waals surface area (Å²) in [6.45, 7) is 3.76. The zero-order chi connectivity index (χ0) is 18.7. The van der Waals surface area contributed by atoms with Crippen LogP contribution in [0.15, 0.2) is 36.5 Å². The second-order valence-corrected chi connectivity index (χ2v) is 7.07. The van der Waals surface area contributed by atoms with E-state index in [1.54, 1.807) is 6.92 Å². The molecule has 3 aromatic rings. The van der Waals surface area contributed by atoms with Crippen molar-refractivity contribution >= 4 is 50.2 Å². The molecule has 0 saturated heterocycles. The van der Waals surface area contributed by atoms with Gasteiger partial charge in [-0.05, 0) is 43.2 Å². The van der Waals surface area contributed by atoms with Crippen LogP contribution in [0.4, 0.5) is 5.13 Å². The number of pyridine rings is 1. The Morgan fingerprint density at radius 1 is 1.31 bits per heavy atom.